The molecule has 1 N–H and O–H groups in total. The van der Waals surface area contributed by atoms with Gasteiger partial charge in [-0.15, -0.1) is 5.10 Å². The van der Waals surface area contributed by atoms with E-state index >= 15 is 0 Å². The normalized spacial score (nSPS) is 26.0. The quantitative estimate of drug-likeness (QED) is 0.767. The molecule has 6 heteroatoms. The van der Waals surface area contributed by atoms with Gasteiger partial charge in [0.1, 0.15) is 0 Å². The molecule has 1 fully saturated rings. The summed E-state index contributed by atoms with van der Waals surface area (Å²) < 4.78 is 7.40. The van der Waals surface area contributed by atoms with Gasteiger partial charge in [-0.3, -0.25) is 0 Å². The van der Waals surface area contributed by atoms with Crippen molar-refractivity contribution in [3.05, 3.63) is 5.82 Å². The average molecular weight is 211 g/mol. The van der Waals surface area contributed by atoms with Gasteiger partial charge in [-0.25, -0.2) is 4.68 Å². The molecule has 0 saturated carbocycles. The second-order valence-corrected chi connectivity index (χ2v) is 3.75. The van der Waals surface area contributed by atoms with E-state index in [1.54, 1.807) is 0 Å². The Hall–Kier alpha value is -1.01. The summed E-state index contributed by atoms with van der Waals surface area (Å²) in [5.41, 5.74) is 0. The van der Waals surface area contributed by atoms with Crippen LogP contribution in [0.1, 0.15) is 32.1 Å². The first kappa shape index (κ1) is 10.5. The fourth-order valence-corrected chi connectivity index (χ4v) is 1.86. The number of hydrogen-bond acceptors (Lipinski definition) is 5. The van der Waals surface area contributed by atoms with Gasteiger partial charge >= 0.3 is 0 Å². The first-order valence-corrected chi connectivity index (χ1v) is 5.42. The summed E-state index contributed by atoms with van der Waals surface area (Å²) >= 11 is 0. The maximum absolute atomic E-state index is 5.51. The van der Waals surface area contributed by atoms with E-state index in [0.29, 0.717) is 6.54 Å². The van der Waals surface area contributed by atoms with Gasteiger partial charge < -0.3 is 10.1 Å². The highest BCUT2D eigenvalue weighted by molar-refractivity contribution is 4.88. The summed E-state index contributed by atoms with van der Waals surface area (Å²) in [5, 5.41) is 15.0. The van der Waals surface area contributed by atoms with Crippen LogP contribution in [-0.2, 0) is 11.3 Å². The standard InChI is InChI=1S/C9H17N5O/c1-3-10-6-9-11-12-13-14(9)8-4-5-15-7(8)2/h7-8,10H,3-6H2,1-2H3. The van der Waals surface area contributed by atoms with Crippen molar-refractivity contribution >= 4 is 0 Å². The number of ether oxygens (including phenoxy) is 1. The molecule has 1 aromatic rings. The Morgan fingerprint density at radius 1 is 1.60 bits per heavy atom. The van der Waals surface area contributed by atoms with Gasteiger partial charge in [0.25, 0.3) is 0 Å². The summed E-state index contributed by atoms with van der Waals surface area (Å²) in [6.07, 6.45) is 1.19. The molecule has 0 radical (unpaired) electrons. The number of aromatic nitrogens is 4. The number of hydrogen-bond donors (Lipinski definition) is 1. The molecule has 0 spiro atoms. The molecule has 0 aliphatic carbocycles. The number of nitrogens with one attached hydrogen (secondary N) is 1. The zero-order valence-electron chi connectivity index (χ0n) is 9.18. The van der Waals surface area contributed by atoms with Gasteiger partial charge in [0.2, 0.25) is 0 Å². The van der Waals surface area contributed by atoms with Crippen molar-refractivity contribution in [1.29, 1.82) is 0 Å². The third kappa shape index (κ3) is 2.15. The molecule has 84 valence electrons. The molecule has 6 nitrogen and oxygen atoms in total. The van der Waals surface area contributed by atoms with Crippen LogP contribution in [-0.4, -0.2) is 39.5 Å². The lowest BCUT2D eigenvalue weighted by Gasteiger charge is -2.15. The van der Waals surface area contributed by atoms with E-state index in [2.05, 4.69) is 34.7 Å². The summed E-state index contributed by atoms with van der Waals surface area (Å²) in [6, 6.07) is 0.286. The molecule has 0 bridgehead atoms. The number of rotatable bonds is 4. The van der Waals surface area contributed by atoms with E-state index in [4.69, 9.17) is 4.74 Å². The highest BCUT2D eigenvalue weighted by atomic mass is 16.5. The van der Waals surface area contributed by atoms with Gasteiger partial charge in [0.05, 0.1) is 18.7 Å². The van der Waals surface area contributed by atoms with Crippen LogP contribution in [0.25, 0.3) is 0 Å². The van der Waals surface area contributed by atoms with Crippen LogP contribution in [0.3, 0.4) is 0 Å². The molecular weight excluding hydrogens is 194 g/mol. The maximum Gasteiger partial charge on any atom is 0.165 e. The van der Waals surface area contributed by atoms with Crippen LogP contribution in [0.5, 0.6) is 0 Å². The lowest BCUT2D eigenvalue weighted by Crippen LogP contribution is -2.23. The van der Waals surface area contributed by atoms with Gasteiger partial charge in [0, 0.05) is 6.61 Å². The van der Waals surface area contributed by atoms with Crippen LogP contribution in [0, 0.1) is 0 Å². The third-order valence-corrected chi connectivity index (χ3v) is 2.74. The Kier molecular flexibility index (Phi) is 3.27. The molecule has 2 rings (SSSR count). The maximum atomic E-state index is 5.51. The van der Waals surface area contributed by atoms with E-state index in [-0.39, 0.29) is 12.1 Å². The SMILES string of the molecule is CCNCc1nnnn1C1CCOC1C. The fourth-order valence-electron chi connectivity index (χ4n) is 1.86. The Labute approximate surface area is 89.0 Å². The summed E-state index contributed by atoms with van der Waals surface area (Å²) in [7, 11) is 0. The Balaban J connectivity index is 2.09. The highest BCUT2D eigenvalue weighted by Gasteiger charge is 2.28. The molecule has 15 heavy (non-hydrogen) atoms. The van der Waals surface area contributed by atoms with E-state index in [1.165, 1.54) is 0 Å². The van der Waals surface area contributed by atoms with Gasteiger partial charge in [-0.05, 0) is 30.3 Å². The van der Waals surface area contributed by atoms with Crippen LogP contribution < -0.4 is 5.32 Å². The van der Waals surface area contributed by atoms with E-state index in [9.17, 15) is 0 Å². The van der Waals surface area contributed by atoms with E-state index in [1.807, 2.05) is 4.68 Å². The van der Waals surface area contributed by atoms with Gasteiger partial charge in [-0.2, -0.15) is 0 Å². The van der Waals surface area contributed by atoms with Crippen LogP contribution in [0.4, 0.5) is 0 Å². The zero-order valence-corrected chi connectivity index (χ0v) is 9.18. The average Bonchev–Trinajstić information content (AvgIpc) is 2.82. The van der Waals surface area contributed by atoms with Crippen molar-refractivity contribution in [2.24, 2.45) is 0 Å². The van der Waals surface area contributed by atoms with Gasteiger partial charge in [-0.1, -0.05) is 6.92 Å². The summed E-state index contributed by atoms with van der Waals surface area (Å²) in [4.78, 5) is 0. The van der Waals surface area contributed by atoms with E-state index in [0.717, 1.165) is 25.4 Å². The molecule has 1 saturated heterocycles. The van der Waals surface area contributed by atoms with Crippen molar-refractivity contribution < 1.29 is 4.74 Å². The predicted molar refractivity (Wildman–Crippen MR) is 54.3 cm³/mol. The van der Waals surface area contributed by atoms with Crippen molar-refractivity contribution in [2.75, 3.05) is 13.2 Å². The van der Waals surface area contributed by atoms with Crippen LogP contribution in [0.15, 0.2) is 0 Å². The fraction of sp³-hybridized carbons (Fsp3) is 0.889. The zero-order chi connectivity index (χ0) is 10.7. The van der Waals surface area contributed by atoms with Gasteiger partial charge in [0.15, 0.2) is 5.82 Å². The molecule has 1 aromatic heterocycles. The molecular formula is C9H17N5O. The Bertz CT molecular complexity index is 313. The molecule has 1 aliphatic rings. The third-order valence-electron chi connectivity index (χ3n) is 2.74. The highest BCUT2D eigenvalue weighted by Crippen LogP contribution is 2.25. The molecule has 2 atom stereocenters. The number of tetrazole rings is 1. The minimum atomic E-state index is 0.203. The van der Waals surface area contributed by atoms with Crippen molar-refractivity contribution in [3.8, 4) is 0 Å². The molecule has 0 aromatic carbocycles. The van der Waals surface area contributed by atoms with Crippen molar-refractivity contribution in [1.82, 2.24) is 25.5 Å². The summed E-state index contributed by atoms with van der Waals surface area (Å²) in [6.45, 7) is 6.56. The summed E-state index contributed by atoms with van der Waals surface area (Å²) in [5.74, 6) is 0.888. The first-order valence-electron chi connectivity index (χ1n) is 5.42. The van der Waals surface area contributed by atoms with E-state index < -0.39 is 0 Å². The lowest BCUT2D eigenvalue weighted by molar-refractivity contribution is 0.104. The Morgan fingerprint density at radius 2 is 2.47 bits per heavy atom. The smallest absolute Gasteiger partial charge is 0.165 e. The first-order chi connectivity index (χ1) is 7.33. The monoisotopic (exact) mass is 211 g/mol. The topological polar surface area (TPSA) is 64.9 Å². The molecule has 0 amide bonds. The molecule has 2 unspecified atom stereocenters. The molecule has 1 aliphatic heterocycles. The van der Waals surface area contributed by atoms with Crippen LogP contribution >= 0.6 is 0 Å². The lowest BCUT2D eigenvalue weighted by atomic mass is 10.1. The second-order valence-electron chi connectivity index (χ2n) is 3.75. The number of nitrogens with zero attached hydrogens (tertiary/aromatic N) is 4. The largest absolute Gasteiger partial charge is 0.376 e. The van der Waals surface area contributed by atoms with Crippen molar-refractivity contribution in [2.45, 2.75) is 39.0 Å². The minimum Gasteiger partial charge on any atom is -0.376 e. The van der Waals surface area contributed by atoms with Crippen LogP contribution in [0.2, 0.25) is 0 Å². The predicted octanol–water partition coefficient (Wildman–Crippen LogP) is 0.132. The Morgan fingerprint density at radius 3 is 3.13 bits per heavy atom. The molecule has 2 heterocycles. The second kappa shape index (κ2) is 4.67. The minimum absolute atomic E-state index is 0.203. The van der Waals surface area contributed by atoms with Crippen molar-refractivity contribution in [3.63, 3.8) is 0 Å².